The SMILES string of the molecule is Nc1c(-c2c(F)cccc2Cl)c(C(F)(F)F)nn1-c1cccc(Cl)c1. The van der Waals surface area contributed by atoms with Gasteiger partial charge in [0.2, 0.25) is 0 Å². The highest BCUT2D eigenvalue weighted by Gasteiger charge is 2.40. The number of halogens is 6. The maximum atomic E-state index is 14.2. The lowest BCUT2D eigenvalue weighted by atomic mass is 10.0. The minimum absolute atomic E-state index is 0.203. The van der Waals surface area contributed by atoms with Crippen molar-refractivity contribution < 1.29 is 17.6 Å². The third-order valence-corrected chi connectivity index (χ3v) is 4.01. The fourth-order valence-electron chi connectivity index (χ4n) is 2.42. The van der Waals surface area contributed by atoms with Gasteiger partial charge in [-0.15, -0.1) is 0 Å². The fraction of sp³-hybridized carbons (Fsp3) is 0.0625. The predicted molar refractivity (Wildman–Crippen MR) is 88.4 cm³/mol. The summed E-state index contributed by atoms with van der Waals surface area (Å²) in [6, 6.07) is 9.49. The second-order valence-corrected chi connectivity index (χ2v) is 5.94. The van der Waals surface area contributed by atoms with Crippen LogP contribution in [-0.4, -0.2) is 9.78 Å². The molecular weight excluding hydrogens is 381 g/mol. The molecule has 0 saturated carbocycles. The van der Waals surface area contributed by atoms with Gasteiger partial charge in [-0.05, 0) is 30.3 Å². The molecule has 2 aromatic carbocycles. The van der Waals surface area contributed by atoms with E-state index in [0.717, 1.165) is 10.7 Å². The van der Waals surface area contributed by atoms with Gasteiger partial charge in [-0.2, -0.15) is 18.3 Å². The number of hydrogen-bond donors (Lipinski definition) is 1. The third-order valence-electron chi connectivity index (χ3n) is 3.46. The van der Waals surface area contributed by atoms with E-state index >= 15 is 0 Å². The van der Waals surface area contributed by atoms with Crippen LogP contribution in [-0.2, 0) is 6.18 Å². The van der Waals surface area contributed by atoms with Gasteiger partial charge in [0.25, 0.3) is 0 Å². The van der Waals surface area contributed by atoms with Gasteiger partial charge in [-0.1, -0.05) is 35.3 Å². The predicted octanol–water partition coefficient (Wildman–Crippen LogP) is 5.59. The van der Waals surface area contributed by atoms with E-state index in [4.69, 9.17) is 28.9 Å². The minimum atomic E-state index is -4.86. The molecule has 0 aliphatic heterocycles. The number of hydrogen-bond acceptors (Lipinski definition) is 2. The zero-order chi connectivity index (χ0) is 18.4. The summed E-state index contributed by atoms with van der Waals surface area (Å²) >= 11 is 11.8. The maximum absolute atomic E-state index is 14.2. The van der Waals surface area contributed by atoms with Crippen molar-refractivity contribution >= 4 is 29.0 Å². The summed E-state index contributed by atoms with van der Waals surface area (Å²) in [6.45, 7) is 0. The minimum Gasteiger partial charge on any atom is -0.383 e. The molecule has 0 spiro atoms. The van der Waals surface area contributed by atoms with Gasteiger partial charge >= 0.3 is 6.18 Å². The Morgan fingerprint density at radius 2 is 1.68 bits per heavy atom. The summed E-state index contributed by atoms with van der Waals surface area (Å²) in [6.07, 6.45) is -4.86. The molecule has 25 heavy (non-hydrogen) atoms. The van der Waals surface area contributed by atoms with Crippen LogP contribution in [0.2, 0.25) is 10.0 Å². The molecule has 2 N–H and O–H groups in total. The lowest BCUT2D eigenvalue weighted by molar-refractivity contribution is -0.140. The largest absolute Gasteiger partial charge is 0.435 e. The molecule has 0 fully saturated rings. The number of nitrogens with two attached hydrogens (primary N) is 1. The molecule has 1 heterocycles. The van der Waals surface area contributed by atoms with Gasteiger partial charge in [0.15, 0.2) is 5.69 Å². The first-order chi connectivity index (χ1) is 11.7. The molecule has 0 atom stereocenters. The zero-order valence-corrected chi connectivity index (χ0v) is 13.8. The van der Waals surface area contributed by atoms with Gasteiger partial charge in [-0.25, -0.2) is 9.07 Å². The molecule has 130 valence electrons. The molecule has 0 saturated heterocycles. The van der Waals surface area contributed by atoms with E-state index in [0.29, 0.717) is 0 Å². The Kier molecular flexibility index (Phi) is 4.38. The van der Waals surface area contributed by atoms with E-state index in [9.17, 15) is 17.6 Å². The Bertz CT molecular complexity index is 931. The molecule has 3 nitrogen and oxygen atoms in total. The van der Waals surface area contributed by atoms with E-state index in [1.165, 1.54) is 30.3 Å². The number of anilines is 1. The number of benzene rings is 2. The second-order valence-electron chi connectivity index (χ2n) is 5.09. The Labute approximate surface area is 149 Å². The summed E-state index contributed by atoms with van der Waals surface area (Å²) in [5, 5.41) is 3.61. The van der Waals surface area contributed by atoms with Crippen molar-refractivity contribution in [1.29, 1.82) is 0 Å². The number of nitrogens with zero attached hydrogens (tertiary/aromatic N) is 2. The lowest BCUT2D eigenvalue weighted by Crippen LogP contribution is -2.09. The van der Waals surface area contributed by atoms with Crippen LogP contribution in [0.15, 0.2) is 42.5 Å². The molecule has 0 aliphatic rings. The molecule has 3 aromatic rings. The first-order valence-corrected chi connectivity index (χ1v) is 7.61. The summed E-state index contributed by atoms with van der Waals surface area (Å²) in [7, 11) is 0. The standard InChI is InChI=1S/C16H9Cl2F4N3/c17-8-3-1-4-9(7-8)25-15(23)13(14(24-25)16(20,21)22)12-10(18)5-2-6-11(12)19/h1-7H,23H2. The van der Waals surface area contributed by atoms with Crippen molar-refractivity contribution in [1.82, 2.24) is 9.78 Å². The number of alkyl halides is 3. The number of rotatable bonds is 2. The molecule has 0 amide bonds. The Hall–Kier alpha value is -2.25. The molecule has 3 rings (SSSR count). The average molecular weight is 390 g/mol. The van der Waals surface area contributed by atoms with Crippen LogP contribution in [0.3, 0.4) is 0 Å². The van der Waals surface area contributed by atoms with Crippen molar-refractivity contribution in [2.24, 2.45) is 0 Å². The lowest BCUT2D eigenvalue weighted by Gasteiger charge is -2.09. The van der Waals surface area contributed by atoms with Crippen LogP contribution >= 0.6 is 23.2 Å². The van der Waals surface area contributed by atoms with Gasteiger partial charge in [-0.3, -0.25) is 0 Å². The number of aromatic nitrogens is 2. The van der Waals surface area contributed by atoms with Gasteiger partial charge in [0.1, 0.15) is 11.6 Å². The first kappa shape index (κ1) is 17.6. The zero-order valence-electron chi connectivity index (χ0n) is 12.3. The average Bonchev–Trinajstić information content (AvgIpc) is 2.85. The van der Waals surface area contributed by atoms with Crippen LogP contribution < -0.4 is 5.73 Å². The van der Waals surface area contributed by atoms with E-state index in [1.54, 1.807) is 6.07 Å². The second kappa shape index (κ2) is 6.24. The highest BCUT2D eigenvalue weighted by atomic mass is 35.5. The molecule has 0 bridgehead atoms. The highest BCUT2D eigenvalue weighted by molar-refractivity contribution is 6.33. The smallest absolute Gasteiger partial charge is 0.383 e. The quantitative estimate of drug-likeness (QED) is 0.580. The van der Waals surface area contributed by atoms with E-state index in [2.05, 4.69) is 5.10 Å². The summed E-state index contributed by atoms with van der Waals surface area (Å²) in [5.41, 5.74) is 3.68. The van der Waals surface area contributed by atoms with Crippen molar-refractivity contribution in [3.05, 3.63) is 64.0 Å². The molecular formula is C16H9Cl2F4N3. The Morgan fingerprint density at radius 3 is 2.28 bits per heavy atom. The number of nitrogen functional groups attached to an aromatic ring is 1. The molecule has 0 radical (unpaired) electrons. The van der Waals surface area contributed by atoms with E-state index in [1.807, 2.05) is 0 Å². The molecule has 9 heteroatoms. The Balaban J connectivity index is 2.35. The summed E-state index contributed by atoms with van der Waals surface area (Å²) in [5.74, 6) is -1.34. The third kappa shape index (κ3) is 3.17. The molecule has 1 aromatic heterocycles. The maximum Gasteiger partial charge on any atom is 0.435 e. The van der Waals surface area contributed by atoms with Crippen LogP contribution in [0.4, 0.5) is 23.4 Å². The van der Waals surface area contributed by atoms with Crippen LogP contribution in [0.25, 0.3) is 16.8 Å². The van der Waals surface area contributed by atoms with Crippen molar-refractivity contribution in [3.8, 4) is 16.8 Å². The van der Waals surface area contributed by atoms with Crippen LogP contribution in [0, 0.1) is 5.82 Å². The Morgan fingerprint density at radius 1 is 1.00 bits per heavy atom. The van der Waals surface area contributed by atoms with Gasteiger partial charge < -0.3 is 5.73 Å². The van der Waals surface area contributed by atoms with Gasteiger partial charge in [0, 0.05) is 10.6 Å². The van der Waals surface area contributed by atoms with Gasteiger partial charge in [0.05, 0.1) is 16.3 Å². The molecule has 0 aliphatic carbocycles. The summed E-state index contributed by atoms with van der Waals surface area (Å²) in [4.78, 5) is 0. The molecule has 0 unspecified atom stereocenters. The first-order valence-electron chi connectivity index (χ1n) is 6.86. The van der Waals surface area contributed by atoms with Crippen molar-refractivity contribution in [2.45, 2.75) is 6.18 Å². The fourth-order valence-corrected chi connectivity index (χ4v) is 2.86. The van der Waals surface area contributed by atoms with Crippen molar-refractivity contribution in [2.75, 3.05) is 5.73 Å². The summed E-state index contributed by atoms with van der Waals surface area (Å²) < 4.78 is 55.4. The van der Waals surface area contributed by atoms with Crippen LogP contribution in [0.5, 0.6) is 0 Å². The van der Waals surface area contributed by atoms with Crippen molar-refractivity contribution in [3.63, 3.8) is 0 Å². The highest BCUT2D eigenvalue weighted by Crippen LogP contribution is 2.44. The normalized spacial score (nSPS) is 11.8. The monoisotopic (exact) mass is 389 g/mol. The van der Waals surface area contributed by atoms with E-state index in [-0.39, 0.29) is 15.7 Å². The van der Waals surface area contributed by atoms with E-state index < -0.39 is 34.6 Å². The van der Waals surface area contributed by atoms with Crippen LogP contribution in [0.1, 0.15) is 5.69 Å². The topological polar surface area (TPSA) is 43.8 Å².